The number of rotatable bonds is 6. The molecule has 0 spiro atoms. The van der Waals surface area contributed by atoms with Gasteiger partial charge in [0, 0.05) is 6.04 Å². The van der Waals surface area contributed by atoms with E-state index < -0.39 is 0 Å². The van der Waals surface area contributed by atoms with Crippen molar-refractivity contribution in [1.82, 2.24) is 5.32 Å². The van der Waals surface area contributed by atoms with Crippen molar-refractivity contribution in [2.45, 2.75) is 25.8 Å². The highest BCUT2D eigenvalue weighted by Crippen LogP contribution is 2.28. The Labute approximate surface area is 113 Å². The monoisotopic (exact) mass is 261 g/mol. The Morgan fingerprint density at radius 1 is 1.42 bits per heavy atom. The predicted octanol–water partition coefficient (Wildman–Crippen LogP) is 2.39. The standard InChI is InChI=1S/C15H19NO3/c1-3-4-11-5-8-13(14(9-11)18-2)19-10-15(17)16-12-6-7-12/h3-5,8-9,12H,6-7,10H2,1-2H3,(H,16,17). The zero-order chi connectivity index (χ0) is 13.7. The molecule has 19 heavy (non-hydrogen) atoms. The summed E-state index contributed by atoms with van der Waals surface area (Å²) in [5, 5.41) is 2.88. The molecule has 0 aliphatic heterocycles. The number of hydrogen-bond donors (Lipinski definition) is 1. The van der Waals surface area contributed by atoms with Crippen molar-refractivity contribution in [1.29, 1.82) is 0 Å². The van der Waals surface area contributed by atoms with Crippen molar-refractivity contribution < 1.29 is 14.3 Å². The highest BCUT2D eigenvalue weighted by molar-refractivity contribution is 5.78. The first-order valence-corrected chi connectivity index (χ1v) is 6.46. The van der Waals surface area contributed by atoms with E-state index in [0.29, 0.717) is 17.5 Å². The maximum absolute atomic E-state index is 11.5. The second-order valence-electron chi connectivity index (χ2n) is 4.54. The molecular formula is C15H19NO3. The Kier molecular flexibility index (Phi) is 4.44. The number of carbonyl (C=O) groups excluding carboxylic acids is 1. The smallest absolute Gasteiger partial charge is 0.258 e. The number of benzene rings is 1. The molecule has 1 amide bonds. The summed E-state index contributed by atoms with van der Waals surface area (Å²) in [4.78, 5) is 11.5. The maximum Gasteiger partial charge on any atom is 0.258 e. The minimum Gasteiger partial charge on any atom is -0.493 e. The van der Waals surface area contributed by atoms with Gasteiger partial charge in [0.1, 0.15) is 0 Å². The molecule has 0 radical (unpaired) electrons. The molecule has 1 saturated carbocycles. The van der Waals surface area contributed by atoms with Crippen LogP contribution in [0.2, 0.25) is 0 Å². The lowest BCUT2D eigenvalue weighted by molar-refractivity contribution is -0.123. The summed E-state index contributed by atoms with van der Waals surface area (Å²) in [6.45, 7) is 1.98. The lowest BCUT2D eigenvalue weighted by Gasteiger charge is -2.11. The van der Waals surface area contributed by atoms with Gasteiger partial charge in [0.15, 0.2) is 18.1 Å². The van der Waals surface area contributed by atoms with E-state index in [-0.39, 0.29) is 12.5 Å². The molecule has 1 aromatic rings. The fraction of sp³-hybridized carbons (Fsp3) is 0.400. The van der Waals surface area contributed by atoms with Gasteiger partial charge >= 0.3 is 0 Å². The van der Waals surface area contributed by atoms with E-state index in [1.807, 2.05) is 37.3 Å². The third-order valence-electron chi connectivity index (χ3n) is 2.85. The molecule has 102 valence electrons. The number of methoxy groups -OCH3 is 1. The summed E-state index contributed by atoms with van der Waals surface area (Å²) < 4.78 is 10.8. The normalized spacial score (nSPS) is 14.4. The van der Waals surface area contributed by atoms with Crippen molar-refractivity contribution in [2.24, 2.45) is 0 Å². The molecule has 2 rings (SSSR count). The minimum absolute atomic E-state index is 0.0236. The van der Waals surface area contributed by atoms with Gasteiger partial charge in [-0.3, -0.25) is 4.79 Å². The summed E-state index contributed by atoms with van der Waals surface area (Å²) in [6.07, 6.45) is 6.09. The molecule has 4 nitrogen and oxygen atoms in total. The van der Waals surface area contributed by atoms with Crippen molar-refractivity contribution in [2.75, 3.05) is 13.7 Å². The van der Waals surface area contributed by atoms with Gasteiger partial charge in [-0.25, -0.2) is 0 Å². The number of hydrogen-bond acceptors (Lipinski definition) is 3. The van der Waals surface area contributed by atoms with Crippen LogP contribution in [0.4, 0.5) is 0 Å². The zero-order valence-corrected chi connectivity index (χ0v) is 11.3. The first kappa shape index (κ1) is 13.5. The number of allylic oxidation sites excluding steroid dienone is 1. The second kappa shape index (κ2) is 6.27. The Morgan fingerprint density at radius 3 is 2.84 bits per heavy atom. The quantitative estimate of drug-likeness (QED) is 0.855. The predicted molar refractivity (Wildman–Crippen MR) is 74.4 cm³/mol. The van der Waals surface area contributed by atoms with Crippen LogP contribution in [0.25, 0.3) is 6.08 Å². The lowest BCUT2D eigenvalue weighted by Crippen LogP contribution is -2.30. The summed E-state index contributed by atoms with van der Waals surface area (Å²) >= 11 is 0. The molecule has 0 aromatic heterocycles. The third kappa shape index (κ3) is 4.02. The summed E-state index contributed by atoms with van der Waals surface area (Å²) in [7, 11) is 1.59. The van der Waals surface area contributed by atoms with Crippen LogP contribution in [-0.4, -0.2) is 25.7 Å². The Hall–Kier alpha value is -1.97. The molecule has 0 unspecified atom stereocenters. The van der Waals surface area contributed by atoms with E-state index in [1.165, 1.54) is 0 Å². The largest absolute Gasteiger partial charge is 0.493 e. The van der Waals surface area contributed by atoms with Crippen molar-refractivity contribution >= 4 is 12.0 Å². The molecule has 1 N–H and O–H groups in total. The summed E-state index contributed by atoms with van der Waals surface area (Å²) in [5.41, 5.74) is 1.04. The molecule has 4 heteroatoms. The molecule has 0 heterocycles. The van der Waals surface area contributed by atoms with Gasteiger partial charge in [-0.1, -0.05) is 18.2 Å². The molecule has 0 bridgehead atoms. The van der Waals surface area contributed by atoms with Crippen molar-refractivity contribution in [3.8, 4) is 11.5 Å². The van der Waals surface area contributed by atoms with Gasteiger partial charge in [0.25, 0.3) is 5.91 Å². The van der Waals surface area contributed by atoms with Gasteiger partial charge in [0.2, 0.25) is 0 Å². The van der Waals surface area contributed by atoms with Gasteiger partial charge < -0.3 is 14.8 Å². The number of amides is 1. The van der Waals surface area contributed by atoms with Crippen LogP contribution >= 0.6 is 0 Å². The number of nitrogens with one attached hydrogen (secondary N) is 1. The first-order valence-electron chi connectivity index (χ1n) is 6.46. The average Bonchev–Trinajstić information content (AvgIpc) is 3.21. The van der Waals surface area contributed by atoms with Crippen LogP contribution in [0.15, 0.2) is 24.3 Å². The number of ether oxygens (including phenoxy) is 2. The van der Waals surface area contributed by atoms with E-state index in [2.05, 4.69) is 5.32 Å². The van der Waals surface area contributed by atoms with E-state index in [1.54, 1.807) is 7.11 Å². The Morgan fingerprint density at radius 2 is 2.21 bits per heavy atom. The topological polar surface area (TPSA) is 47.6 Å². The SMILES string of the molecule is CC=Cc1ccc(OCC(=O)NC2CC2)c(OC)c1. The molecule has 1 aromatic carbocycles. The van der Waals surface area contributed by atoms with Crippen LogP contribution < -0.4 is 14.8 Å². The summed E-state index contributed by atoms with van der Waals surface area (Å²) in [5.74, 6) is 1.14. The number of carbonyl (C=O) groups is 1. The zero-order valence-electron chi connectivity index (χ0n) is 11.3. The third-order valence-corrected chi connectivity index (χ3v) is 2.85. The van der Waals surface area contributed by atoms with E-state index in [9.17, 15) is 4.79 Å². The molecule has 0 atom stereocenters. The van der Waals surface area contributed by atoms with Gasteiger partial charge in [-0.15, -0.1) is 0 Å². The average molecular weight is 261 g/mol. The lowest BCUT2D eigenvalue weighted by atomic mass is 10.2. The first-order chi connectivity index (χ1) is 9.22. The fourth-order valence-electron chi connectivity index (χ4n) is 1.74. The molecule has 1 aliphatic rings. The van der Waals surface area contributed by atoms with Gasteiger partial charge in [-0.05, 0) is 37.5 Å². The van der Waals surface area contributed by atoms with Crippen molar-refractivity contribution in [3.05, 3.63) is 29.8 Å². The van der Waals surface area contributed by atoms with Crippen LogP contribution in [0, 0.1) is 0 Å². The van der Waals surface area contributed by atoms with E-state index in [4.69, 9.17) is 9.47 Å². The van der Waals surface area contributed by atoms with Crippen LogP contribution in [0.5, 0.6) is 11.5 Å². The van der Waals surface area contributed by atoms with E-state index in [0.717, 1.165) is 18.4 Å². The van der Waals surface area contributed by atoms with Crippen molar-refractivity contribution in [3.63, 3.8) is 0 Å². The van der Waals surface area contributed by atoms with Crippen LogP contribution in [0.1, 0.15) is 25.3 Å². The molecule has 0 saturated heterocycles. The molecule has 1 fully saturated rings. The highest BCUT2D eigenvalue weighted by atomic mass is 16.5. The minimum atomic E-state index is -0.0814. The van der Waals surface area contributed by atoms with Gasteiger partial charge in [-0.2, -0.15) is 0 Å². The maximum atomic E-state index is 11.5. The van der Waals surface area contributed by atoms with E-state index >= 15 is 0 Å². The molecular weight excluding hydrogens is 242 g/mol. The van der Waals surface area contributed by atoms with Crippen LogP contribution in [0.3, 0.4) is 0 Å². The van der Waals surface area contributed by atoms with Crippen LogP contribution in [-0.2, 0) is 4.79 Å². The second-order valence-corrected chi connectivity index (χ2v) is 4.54. The summed E-state index contributed by atoms with van der Waals surface area (Å²) in [6, 6.07) is 5.98. The fourth-order valence-corrected chi connectivity index (χ4v) is 1.74. The highest BCUT2D eigenvalue weighted by Gasteiger charge is 2.23. The van der Waals surface area contributed by atoms with Gasteiger partial charge in [0.05, 0.1) is 7.11 Å². The molecule has 1 aliphatic carbocycles. The Balaban J connectivity index is 1.96. The Bertz CT molecular complexity index is 478.